The van der Waals surface area contributed by atoms with Crippen molar-refractivity contribution in [3.05, 3.63) is 42.8 Å². The number of likely N-dealkylation sites (tertiary alicyclic amines) is 1. The van der Waals surface area contributed by atoms with Crippen LogP contribution in [-0.2, 0) is 9.53 Å². The predicted octanol–water partition coefficient (Wildman–Crippen LogP) is 3.52. The Morgan fingerprint density at radius 1 is 1.46 bits per heavy atom. The van der Waals surface area contributed by atoms with E-state index in [1.165, 1.54) is 0 Å². The third-order valence-electron chi connectivity index (χ3n) is 4.50. The van der Waals surface area contributed by atoms with Crippen molar-refractivity contribution in [3.63, 3.8) is 0 Å². The van der Waals surface area contributed by atoms with Gasteiger partial charge in [-0.3, -0.25) is 4.79 Å². The lowest BCUT2D eigenvalue weighted by Gasteiger charge is -2.32. The first-order valence-corrected chi connectivity index (χ1v) is 8.56. The fourth-order valence-electron chi connectivity index (χ4n) is 3.07. The van der Waals surface area contributed by atoms with E-state index in [2.05, 4.69) is 11.6 Å². The van der Waals surface area contributed by atoms with Gasteiger partial charge < -0.3 is 14.1 Å². The maximum atomic E-state index is 12.4. The van der Waals surface area contributed by atoms with E-state index < -0.39 is 6.10 Å². The second kappa shape index (κ2) is 7.62. The van der Waals surface area contributed by atoms with E-state index in [-0.39, 0.29) is 11.8 Å². The molecule has 5 nitrogen and oxygen atoms in total. The maximum absolute atomic E-state index is 12.4. The van der Waals surface area contributed by atoms with Crippen LogP contribution in [0.3, 0.4) is 0 Å². The SMILES string of the molecule is C=CCCOC(C)C(=O)N1CCC(c2nc3ccccc3o2)CC1. The Balaban J connectivity index is 1.55. The van der Waals surface area contributed by atoms with Crippen molar-refractivity contribution in [2.75, 3.05) is 19.7 Å². The van der Waals surface area contributed by atoms with Gasteiger partial charge in [0.15, 0.2) is 11.5 Å². The molecule has 2 heterocycles. The first kappa shape index (κ1) is 16.7. The van der Waals surface area contributed by atoms with Crippen LogP contribution in [-0.4, -0.2) is 41.6 Å². The Morgan fingerprint density at radius 2 is 2.21 bits per heavy atom. The van der Waals surface area contributed by atoms with Crippen LogP contribution in [0.4, 0.5) is 0 Å². The molecular formula is C19H24N2O3. The van der Waals surface area contributed by atoms with Crippen LogP contribution in [0, 0.1) is 0 Å². The van der Waals surface area contributed by atoms with Gasteiger partial charge in [0.05, 0.1) is 6.61 Å². The number of carbonyl (C=O) groups is 1. The average molecular weight is 328 g/mol. The molecule has 1 atom stereocenters. The zero-order chi connectivity index (χ0) is 16.9. The van der Waals surface area contributed by atoms with Crippen LogP contribution in [0.25, 0.3) is 11.1 Å². The summed E-state index contributed by atoms with van der Waals surface area (Å²) in [4.78, 5) is 18.9. The van der Waals surface area contributed by atoms with Crippen molar-refractivity contribution in [1.82, 2.24) is 9.88 Å². The lowest BCUT2D eigenvalue weighted by Crippen LogP contribution is -2.43. The number of piperidine rings is 1. The van der Waals surface area contributed by atoms with Gasteiger partial charge in [0.2, 0.25) is 0 Å². The Bertz CT molecular complexity index is 668. The summed E-state index contributed by atoms with van der Waals surface area (Å²) in [7, 11) is 0. The van der Waals surface area contributed by atoms with E-state index in [1.54, 1.807) is 6.08 Å². The zero-order valence-corrected chi connectivity index (χ0v) is 14.1. The Labute approximate surface area is 142 Å². The molecule has 0 aliphatic carbocycles. The van der Waals surface area contributed by atoms with Crippen LogP contribution in [0.2, 0.25) is 0 Å². The quantitative estimate of drug-likeness (QED) is 0.601. The monoisotopic (exact) mass is 328 g/mol. The minimum Gasteiger partial charge on any atom is -0.440 e. The summed E-state index contributed by atoms with van der Waals surface area (Å²) in [5, 5.41) is 0. The molecule has 1 aromatic carbocycles. The van der Waals surface area contributed by atoms with Crippen molar-refractivity contribution in [2.45, 2.75) is 38.2 Å². The Morgan fingerprint density at radius 3 is 2.92 bits per heavy atom. The lowest BCUT2D eigenvalue weighted by atomic mass is 9.96. The molecule has 1 fully saturated rings. The third-order valence-corrected chi connectivity index (χ3v) is 4.50. The number of carbonyl (C=O) groups excluding carboxylic acids is 1. The van der Waals surface area contributed by atoms with Gasteiger partial charge in [-0.15, -0.1) is 6.58 Å². The molecule has 1 aliphatic heterocycles. The molecule has 5 heteroatoms. The van der Waals surface area contributed by atoms with Gasteiger partial charge in [-0.2, -0.15) is 0 Å². The highest BCUT2D eigenvalue weighted by Crippen LogP contribution is 2.30. The number of aromatic nitrogens is 1. The summed E-state index contributed by atoms with van der Waals surface area (Å²) in [6.07, 6.45) is 3.90. The van der Waals surface area contributed by atoms with Gasteiger partial charge in [-0.25, -0.2) is 4.98 Å². The highest BCUT2D eigenvalue weighted by atomic mass is 16.5. The molecule has 3 rings (SSSR count). The average Bonchev–Trinajstić information content (AvgIpc) is 3.05. The van der Waals surface area contributed by atoms with E-state index in [0.717, 1.165) is 49.3 Å². The summed E-state index contributed by atoms with van der Waals surface area (Å²) in [6, 6.07) is 7.81. The van der Waals surface area contributed by atoms with Crippen LogP contribution in [0.1, 0.15) is 38.0 Å². The molecule has 2 aromatic rings. The summed E-state index contributed by atoms with van der Waals surface area (Å²) in [5.74, 6) is 1.13. The number of ether oxygens (including phenoxy) is 1. The second-order valence-electron chi connectivity index (χ2n) is 6.21. The Hall–Kier alpha value is -2.14. The predicted molar refractivity (Wildman–Crippen MR) is 92.8 cm³/mol. The van der Waals surface area contributed by atoms with Crippen molar-refractivity contribution in [2.24, 2.45) is 0 Å². The van der Waals surface area contributed by atoms with E-state index in [0.29, 0.717) is 6.61 Å². The van der Waals surface area contributed by atoms with Crippen LogP contribution >= 0.6 is 0 Å². The summed E-state index contributed by atoms with van der Waals surface area (Å²) in [5.41, 5.74) is 1.73. The van der Waals surface area contributed by atoms with Crippen molar-refractivity contribution < 1.29 is 13.9 Å². The number of hydrogen-bond donors (Lipinski definition) is 0. The largest absolute Gasteiger partial charge is 0.440 e. The molecule has 0 spiro atoms. The molecular weight excluding hydrogens is 304 g/mol. The molecule has 1 aromatic heterocycles. The molecule has 1 unspecified atom stereocenters. The number of oxazole rings is 1. The fraction of sp³-hybridized carbons (Fsp3) is 0.474. The van der Waals surface area contributed by atoms with Gasteiger partial charge in [-0.05, 0) is 38.3 Å². The number of fused-ring (bicyclic) bond motifs is 1. The minimum absolute atomic E-state index is 0.0649. The maximum Gasteiger partial charge on any atom is 0.251 e. The van der Waals surface area contributed by atoms with Crippen molar-refractivity contribution >= 4 is 17.0 Å². The molecule has 1 amide bonds. The first-order chi connectivity index (χ1) is 11.7. The van der Waals surface area contributed by atoms with Crippen molar-refractivity contribution in [1.29, 1.82) is 0 Å². The van der Waals surface area contributed by atoms with E-state index in [4.69, 9.17) is 9.15 Å². The summed E-state index contributed by atoms with van der Waals surface area (Å²) >= 11 is 0. The highest BCUT2D eigenvalue weighted by Gasteiger charge is 2.29. The Kier molecular flexibility index (Phi) is 5.30. The second-order valence-corrected chi connectivity index (χ2v) is 6.21. The van der Waals surface area contributed by atoms with Gasteiger partial charge in [0, 0.05) is 19.0 Å². The molecule has 0 radical (unpaired) electrons. The summed E-state index contributed by atoms with van der Waals surface area (Å²) < 4.78 is 11.4. The van der Waals surface area contributed by atoms with Gasteiger partial charge >= 0.3 is 0 Å². The molecule has 24 heavy (non-hydrogen) atoms. The third kappa shape index (κ3) is 3.67. The molecule has 0 bridgehead atoms. The first-order valence-electron chi connectivity index (χ1n) is 8.56. The number of hydrogen-bond acceptors (Lipinski definition) is 4. The molecule has 1 aliphatic rings. The van der Waals surface area contributed by atoms with Crippen molar-refractivity contribution in [3.8, 4) is 0 Å². The van der Waals surface area contributed by atoms with Crippen LogP contribution < -0.4 is 0 Å². The van der Waals surface area contributed by atoms with Crippen LogP contribution in [0.5, 0.6) is 0 Å². The van der Waals surface area contributed by atoms with Gasteiger partial charge in [0.1, 0.15) is 11.6 Å². The number of nitrogens with zero attached hydrogens (tertiary/aromatic N) is 2. The van der Waals surface area contributed by atoms with E-state index >= 15 is 0 Å². The van der Waals surface area contributed by atoms with Gasteiger partial charge in [-0.1, -0.05) is 18.2 Å². The molecule has 0 saturated carbocycles. The molecule has 0 N–H and O–H groups in total. The van der Waals surface area contributed by atoms with Gasteiger partial charge in [0.25, 0.3) is 5.91 Å². The summed E-state index contributed by atoms with van der Waals surface area (Å²) in [6.45, 7) is 7.45. The minimum atomic E-state index is -0.397. The van der Waals surface area contributed by atoms with Crippen LogP contribution in [0.15, 0.2) is 41.3 Å². The number of benzene rings is 1. The molecule has 1 saturated heterocycles. The fourth-order valence-corrected chi connectivity index (χ4v) is 3.07. The van der Waals surface area contributed by atoms with E-state index in [1.807, 2.05) is 36.1 Å². The highest BCUT2D eigenvalue weighted by molar-refractivity contribution is 5.80. The molecule has 128 valence electrons. The topological polar surface area (TPSA) is 55.6 Å². The number of amides is 1. The smallest absolute Gasteiger partial charge is 0.251 e. The number of para-hydroxylation sites is 2. The standard InChI is InChI=1S/C19H24N2O3/c1-3-4-13-23-14(2)19(22)21-11-9-15(10-12-21)18-20-16-7-5-6-8-17(16)24-18/h3,5-8,14-15H,1,4,9-13H2,2H3. The number of rotatable bonds is 6. The zero-order valence-electron chi connectivity index (χ0n) is 14.1. The normalized spacial score (nSPS) is 17.1. The lowest BCUT2D eigenvalue weighted by molar-refractivity contribution is -0.143. The van der Waals surface area contributed by atoms with E-state index in [9.17, 15) is 4.79 Å².